The molecule has 0 saturated carbocycles. The molecule has 3 rings (SSSR count). The van der Waals surface area contributed by atoms with Crippen LogP contribution in [0.5, 0.6) is 0 Å². The maximum Gasteiger partial charge on any atom is 0.0130 e. The fourth-order valence-electron chi connectivity index (χ4n) is 2.26. The van der Waals surface area contributed by atoms with E-state index in [2.05, 4.69) is 77.2 Å². The van der Waals surface area contributed by atoms with E-state index in [1.807, 2.05) is 0 Å². The van der Waals surface area contributed by atoms with Crippen molar-refractivity contribution in [1.82, 2.24) is 0 Å². The van der Waals surface area contributed by atoms with E-state index < -0.39 is 0 Å². The third-order valence-corrected chi connectivity index (χ3v) is 3.92. The predicted octanol–water partition coefficient (Wildman–Crippen LogP) is 4.92. The largest absolute Gasteiger partial charge is 0.0836 e. The first-order valence-corrected chi connectivity index (χ1v) is 6.96. The number of aryl methyl sites for hydroxylation is 1. The van der Waals surface area contributed by atoms with Gasteiger partial charge in [0, 0.05) is 3.57 Å². The Labute approximate surface area is 116 Å². The van der Waals surface area contributed by atoms with E-state index in [9.17, 15) is 0 Å². The summed E-state index contributed by atoms with van der Waals surface area (Å²) in [6.07, 6.45) is 6.83. The van der Waals surface area contributed by atoms with Crippen molar-refractivity contribution in [2.24, 2.45) is 0 Å². The highest BCUT2D eigenvalue weighted by Crippen LogP contribution is 2.26. The number of halogens is 1. The summed E-state index contributed by atoms with van der Waals surface area (Å²) >= 11 is 2.34. The van der Waals surface area contributed by atoms with Crippen LogP contribution in [0.15, 0.2) is 48.5 Å². The van der Waals surface area contributed by atoms with Gasteiger partial charge in [0.25, 0.3) is 0 Å². The summed E-state index contributed by atoms with van der Waals surface area (Å²) < 4.78 is 1.28. The lowest BCUT2D eigenvalue weighted by atomic mass is 9.93. The second-order valence-electron chi connectivity index (χ2n) is 4.36. The Morgan fingerprint density at radius 3 is 2.47 bits per heavy atom. The topological polar surface area (TPSA) is 0 Å². The van der Waals surface area contributed by atoms with Gasteiger partial charge in [-0.1, -0.05) is 42.5 Å². The van der Waals surface area contributed by atoms with Crippen molar-refractivity contribution in [3.8, 4) is 11.1 Å². The molecule has 0 aromatic heterocycles. The number of hydrogen-bond acceptors (Lipinski definition) is 0. The monoisotopic (exact) mass is 332 g/mol. The van der Waals surface area contributed by atoms with E-state index in [1.54, 1.807) is 0 Å². The highest BCUT2D eigenvalue weighted by Gasteiger charge is 2.06. The Morgan fingerprint density at radius 2 is 1.65 bits per heavy atom. The summed E-state index contributed by atoms with van der Waals surface area (Å²) in [5, 5.41) is 0. The average molecular weight is 332 g/mol. The Bertz CT molecular complexity index is 565. The molecule has 0 radical (unpaired) electrons. The normalized spacial score (nSPS) is 13.5. The van der Waals surface area contributed by atoms with Crippen LogP contribution in [0.1, 0.15) is 17.5 Å². The van der Waals surface area contributed by atoms with Crippen LogP contribution in [-0.2, 0) is 6.42 Å². The van der Waals surface area contributed by atoms with Crippen LogP contribution in [0.25, 0.3) is 17.2 Å². The van der Waals surface area contributed by atoms with Gasteiger partial charge in [-0.3, -0.25) is 0 Å². The number of benzene rings is 2. The van der Waals surface area contributed by atoms with Gasteiger partial charge in [-0.15, -0.1) is 0 Å². The van der Waals surface area contributed by atoms with Gasteiger partial charge in [0.1, 0.15) is 0 Å². The molecule has 1 aliphatic carbocycles. The molecule has 0 saturated heterocycles. The van der Waals surface area contributed by atoms with Crippen molar-refractivity contribution in [3.63, 3.8) is 0 Å². The Hall–Kier alpha value is -1.09. The predicted molar refractivity (Wildman–Crippen MR) is 82.0 cm³/mol. The molecule has 0 fully saturated rings. The smallest absolute Gasteiger partial charge is 0.0130 e. The lowest BCUT2D eigenvalue weighted by Gasteiger charge is -2.12. The molecule has 0 unspecified atom stereocenters. The minimum Gasteiger partial charge on any atom is -0.0836 e. The van der Waals surface area contributed by atoms with Gasteiger partial charge in [-0.2, -0.15) is 0 Å². The van der Waals surface area contributed by atoms with Crippen molar-refractivity contribution in [2.75, 3.05) is 0 Å². The van der Waals surface area contributed by atoms with Gasteiger partial charge in [0.05, 0.1) is 0 Å². The van der Waals surface area contributed by atoms with Crippen LogP contribution in [0, 0.1) is 3.57 Å². The van der Waals surface area contributed by atoms with Gasteiger partial charge >= 0.3 is 0 Å². The summed E-state index contributed by atoms with van der Waals surface area (Å²) in [7, 11) is 0. The SMILES string of the molecule is Ic1ccc(-c2ccc3c(c2)CCC=C3)cc1. The van der Waals surface area contributed by atoms with Crippen LogP contribution in [0.2, 0.25) is 0 Å². The van der Waals surface area contributed by atoms with Crippen molar-refractivity contribution in [2.45, 2.75) is 12.8 Å². The third-order valence-electron chi connectivity index (χ3n) is 3.20. The summed E-state index contributed by atoms with van der Waals surface area (Å²) in [5.74, 6) is 0. The van der Waals surface area contributed by atoms with E-state index in [4.69, 9.17) is 0 Å². The van der Waals surface area contributed by atoms with Gasteiger partial charge in [-0.05, 0) is 69.8 Å². The van der Waals surface area contributed by atoms with Gasteiger partial charge in [0.15, 0.2) is 0 Å². The highest BCUT2D eigenvalue weighted by atomic mass is 127. The number of fused-ring (bicyclic) bond motifs is 1. The molecule has 2 aromatic rings. The Kier molecular flexibility index (Phi) is 3.02. The molecule has 0 bridgehead atoms. The number of rotatable bonds is 1. The van der Waals surface area contributed by atoms with Crippen molar-refractivity contribution in [3.05, 3.63) is 63.2 Å². The lowest BCUT2D eigenvalue weighted by Crippen LogP contribution is -1.94. The molecule has 2 aromatic carbocycles. The number of allylic oxidation sites excluding steroid dienone is 1. The van der Waals surface area contributed by atoms with E-state index in [1.165, 1.54) is 38.7 Å². The second-order valence-corrected chi connectivity index (χ2v) is 5.61. The molecule has 0 atom stereocenters. The fourth-order valence-corrected chi connectivity index (χ4v) is 2.62. The van der Waals surface area contributed by atoms with E-state index in [-0.39, 0.29) is 0 Å². The lowest BCUT2D eigenvalue weighted by molar-refractivity contribution is 0.986. The maximum atomic E-state index is 2.34. The molecular formula is C16H13I. The Morgan fingerprint density at radius 1 is 0.882 bits per heavy atom. The quantitative estimate of drug-likeness (QED) is 0.651. The molecule has 17 heavy (non-hydrogen) atoms. The van der Waals surface area contributed by atoms with Gasteiger partial charge in [0.2, 0.25) is 0 Å². The summed E-state index contributed by atoms with van der Waals surface area (Å²) in [6, 6.07) is 15.5. The first-order valence-electron chi connectivity index (χ1n) is 5.88. The van der Waals surface area contributed by atoms with Gasteiger partial charge in [-0.25, -0.2) is 0 Å². The van der Waals surface area contributed by atoms with Crippen molar-refractivity contribution in [1.29, 1.82) is 0 Å². The zero-order valence-electron chi connectivity index (χ0n) is 9.49. The molecule has 1 aliphatic rings. The summed E-state index contributed by atoms with van der Waals surface area (Å²) in [4.78, 5) is 0. The standard InChI is InChI=1S/C16H13I/c17-16-9-7-13(8-10-16)15-6-5-12-3-1-2-4-14(12)11-15/h1,3,5-11H,2,4H2. The molecule has 1 heteroatoms. The Balaban J connectivity index is 2.04. The maximum absolute atomic E-state index is 2.34. The van der Waals surface area contributed by atoms with Crippen molar-refractivity contribution >= 4 is 28.7 Å². The average Bonchev–Trinajstić information content (AvgIpc) is 2.39. The summed E-state index contributed by atoms with van der Waals surface area (Å²) in [6.45, 7) is 0. The minimum absolute atomic E-state index is 1.17. The van der Waals surface area contributed by atoms with E-state index in [0.29, 0.717) is 0 Å². The molecule has 0 N–H and O–H groups in total. The third kappa shape index (κ3) is 2.29. The second kappa shape index (κ2) is 4.65. The highest BCUT2D eigenvalue weighted by molar-refractivity contribution is 14.1. The zero-order chi connectivity index (χ0) is 11.7. The van der Waals surface area contributed by atoms with E-state index in [0.717, 1.165) is 0 Å². The summed E-state index contributed by atoms with van der Waals surface area (Å²) in [5.41, 5.74) is 5.49. The fraction of sp³-hybridized carbons (Fsp3) is 0.125. The molecule has 0 amide bonds. The van der Waals surface area contributed by atoms with Crippen LogP contribution < -0.4 is 0 Å². The molecule has 0 heterocycles. The number of hydrogen-bond donors (Lipinski definition) is 0. The van der Waals surface area contributed by atoms with Crippen molar-refractivity contribution < 1.29 is 0 Å². The van der Waals surface area contributed by atoms with Crippen LogP contribution >= 0.6 is 22.6 Å². The zero-order valence-corrected chi connectivity index (χ0v) is 11.6. The molecule has 0 spiro atoms. The van der Waals surface area contributed by atoms with Gasteiger partial charge < -0.3 is 0 Å². The minimum atomic E-state index is 1.17. The van der Waals surface area contributed by atoms with Crippen LogP contribution in [-0.4, -0.2) is 0 Å². The first kappa shape index (κ1) is 11.0. The van der Waals surface area contributed by atoms with Crippen LogP contribution in [0.3, 0.4) is 0 Å². The molecule has 0 nitrogen and oxygen atoms in total. The van der Waals surface area contributed by atoms with E-state index >= 15 is 0 Å². The molecule has 0 aliphatic heterocycles. The molecule has 84 valence electrons. The van der Waals surface area contributed by atoms with Crippen LogP contribution in [0.4, 0.5) is 0 Å². The first-order chi connectivity index (χ1) is 8.33. The molecular weight excluding hydrogens is 319 g/mol.